The molecule has 0 saturated carbocycles. The monoisotopic (exact) mass is 664 g/mol. The normalized spacial score (nSPS) is 14.1. The third-order valence-corrected chi connectivity index (χ3v) is 10.2. The van der Waals surface area contributed by atoms with Crippen LogP contribution in [-0.4, -0.2) is 23.4 Å². The topological polar surface area (TPSA) is 47.9 Å². The number of ether oxygens (including phenoxy) is 3. The second-order valence-corrected chi connectivity index (χ2v) is 15.7. The van der Waals surface area contributed by atoms with E-state index in [0.717, 1.165) is 54.9 Å². The molecule has 49 heavy (non-hydrogen) atoms. The molecule has 4 aromatic carbocycles. The van der Waals surface area contributed by atoms with Crippen molar-refractivity contribution >= 4 is 0 Å². The Balaban J connectivity index is 1.75. The van der Waals surface area contributed by atoms with Crippen LogP contribution in [0.5, 0.6) is 23.0 Å². The first-order chi connectivity index (χ1) is 23.3. The first-order valence-corrected chi connectivity index (χ1v) is 18.3. The maximum Gasteiger partial charge on any atom is 0.119 e. The summed E-state index contributed by atoms with van der Waals surface area (Å²) >= 11 is 0. The van der Waals surface area contributed by atoms with E-state index in [1.54, 1.807) is 0 Å². The molecule has 264 valence electrons. The first kappa shape index (κ1) is 37.9. The van der Waals surface area contributed by atoms with E-state index in [2.05, 4.69) is 68.4 Å². The van der Waals surface area contributed by atoms with Gasteiger partial charge >= 0.3 is 0 Å². The van der Waals surface area contributed by atoms with Crippen LogP contribution >= 0.6 is 0 Å². The molecular weight excluding hydrogens is 604 g/mol. The van der Waals surface area contributed by atoms with E-state index in [0.29, 0.717) is 12.2 Å². The average Bonchev–Trinajstić information content (AvgIpc) is 3.08. The molecule has 0 saturated heterocycles. The van der Waals surface area contributed by atoms with Gasteiger partial charge in [0.05, 0.1) is 0 Å². The van der Waals surface area contributed by atoms with E-state index in [-0.39, 0.29) is 34.6 Å². The summed E-state index contributed by atoms with van der Waals surface area (Å²) in [6.45, 7) is 20.3. The number of phenolic OH excluding ortho intramolecular Hbond substituents is 1. The maximum absolute atomic E-state index is 11.7. The number of para-hydroxylation sites is 3. The molecule has 1 N–H and O–H groups in total. The number of aromatic hydroxyl groups is 1. The van der Waals surface area contributed by atoms with Gasteiger partial charge in [0.25, 0.3) is 0 Å². The average molecular weight is 665 g/mol. The summed E-state index contributed by atoms with van der Waals surface area (Å²) < 4.78 is 19.9. The van der Waals surface area contributed by atoms with Crippen molar-refractivity contribution in [3.8, 4) is 23.0 Å². The summed E-state index contributed by atoms with van der Waals surface area (Å²) in [5.41, 5.74) is 2.80. The van der Waals surface area contributed by atoms with Gasteiger partial charge in [-0.2, -0.15) is 0 Å². The highest BCUT2D eigenvalue weighted by Crippen LogP contribution is 2.42. The Morgan fingerprint density at radius 3 is 1.12 bits per heavy atom. The molecule has 0 fully saturated rings. The molecule has 0 amide bonds. The lowest BCUT2D eigenvalue weighted by Crippen LogP contribution is -2.39. The number of benzene rings is 4. The molecule has 0 aliphatic carbocycles. The smallest absolute Gasteiger partial charge is 0.119 e. The summed E-state index contributed by atoms with van der Waals surface area (Å²) in [5, 5.41) is 11.7. The molecule has 4 heteroatoms. The van der Waals surface area contributed by atoms with E-state index in [1.165, 1.54) is 11.1 Å². The highest BCUT2D eigenvalue weighted by atomic mass is 16.5. The lowest BCUT2D eigenvalue weighted by atomic mass is 9.71. The zero-order valence-corrected chi connectivity index (χ0v) is 31.5. The van der Waals surface area contributed by atoms with Gasteiger partial charge < -0.3 is 19.3 Å². The van der Waals surface area contributed by atoms with Gasteiger partial charge in [-0.05, 0) is 97.7 Å². The molecule has 3 unspecified atom stereocenters. The quantitative estimate of drug-likeness (QED) is 0.115. The van der Waals surface area contributed by atoms with E-state index in [9.17, 15) is 5.11 Å². The summed E-state index contributed by atoms with van der Waals surface area (Å²) in [6, 6.07) is 34.4. The van der Waals surface area contributed by atoms with Crippen LogP contribution in [0.15, 0.2) is 103 Å². The SMILES string of the molecule is CCC(Oc1ccccc1)C(C)(C)Cc1ccc(O)c(CC(C)(C)C(CC)Oc2ccccc2)c1CC(C)(C)C(CC)Oc1ccccc1. The predicted octanol–water partition coefficient (Wildman–Crippen LogP) is 11.7. The van der Waals surface area contributed by atoms with Crippen molar-refractivity contribution in [2.45, 2.75) is 119 Å². The van der Waals surface area contributed by atoms with Crippen molar-refractivity contribution < 1.29 is 19.3 Å². The first-order valence-electron chi connectivity index (χ1n) is 18.3. The molecule has 0 spiro atoms. The Morgan fingerprint density at radius 1 is 0.449 bits per heavy atom. The summed E-state index contributed by atoms with van der Waals surface area (Å²) in [6.07, 6.45) is 4.82. The second-order valence-electron chi connectivity index (χ2n) is 15.7. The molecule has 4 rings (SSSR count). The minimum atomic E-state index is -0.262. The van der Waals surface area contributed by atoms with Crippen molar-refractivity contribution in [3.05, 3.63) is 120 Å². The lowest BCUT2D eigenvalue weighted by molar-refractivity contribution is 0.0631. The Morgan fingerprint density at radius 2 is 0.776 bits per heavy atom. The van der Waals surface area contributed by atoms with Gasteiger partial charge in [0.15, 0.2) is 0 Å². The summed E-state index contributed by atoms with van der Waals surface area (Å²) in [4.78, 5) is 0. The minimum absolute atomic E-state index is 0.0120. The number of hydrogen-bond donors (Lipinski definition) is 1. The molecule has 0 aromatic heterocycles. The largest absolute Gasteiger partial charge is 0.508 e. The molecule has 3 atom stereocenters. The summed E-state index contributed by atoms with van der Waals surface area (Å²) in [5.74, 6) is 2.99. The van der Waals surface area contributed by atoms with Gasteiger partial charge in [-0.25, -0.2) is 0 Å². The zero-order chi connectivity index (χ0) is 35.7. The molecule has 0 aliphatic heterocycles. The standard InChI is InChI=1S/C45H60O4/c1-10-40(47-34-22-16-13-17-23-34)43(4,5)30-33-28-29-39(46)38(32-45(8,9)42(12-3)49-36-26-20-15-21-27-36)37(33)31-44(6,7)41(11-2)48-35-24-18-14-19-25-35/h13-29,40-42,46H,10-12,30-32H2,1-9H3. The van der Waals surface area contributed by atoms with E-state index < -0.39 is 0 Å². The lowest BCUT2D eigenvalue weighted by Gasteiger charge is -2.39. The molecule has 4 nitrogen and oxygen atoms in total. The van der Waals surface area contributed by atoms with Crippen LogP contribution in [0.2, 0.25) is 0 Å². The van der Waals surface area contributed by atoms with Crippen LogP contribution in [0.3, 0.4) is 0 Å². The molecule has 0 radical (unpaired) electrons. The van der Waals surface area contributed by atoms with E-state index >= 15 is 0 Å². The van der Waals surface area contributed by atoms with E-state index in [4.69, 9.17) is 14.2 Å². The Labute approximate surface area is 296 Å². The zero-order valence-electron chi connectivity index (χ0n) is 31.5. The number of rotatable bonds is 18. The van der Waals surface area contributed by atoms with Gasteiger partial charge in [0.1, 0.15) is 41.3 Å². The van der Waals surface area contributed by atoms with Crippen LogP contribution < -0.4 is 14.2 Å². The third-order valence-electron chi connectivity index (χ3n) is 10.2. The van der Waals surface area contributed by atoms with Crippen molar-refractivity contribution in [2.24, 2.45) is 16.2 Å². The number of phenols is 1. The maximum atomic E-state index is 11.7. The van der Waals surface area contributed by atoms with Gasteiger partial charge in [0, 0.05) is 16.2 Å². The number of hydrogen-bond acceptors (Lipinski definition) is 4. The van der Waals surface area contributed by atoms with Crippen molar-refractivity contribution in [1.29, 1.82) is 0 Å². The molecular formula is C45H60O4. The highest BCUT2D eigenvalue weighted by molar-refractivity contribution is 5.46. The van der Waals surface area contributed by atoms with Gasteiger partial charge in [0.2, 0.25) is 0 Å². The Hall–Kier alpha value is -3.92. The highest BCUT2D eigenvalue weighted by Gasteiger charge is 2.38. The van der Waals surface area contributed by atoms with Crippen molar-refractivity contribution in [2.75, 3.05) is 0 Å². The van der Waals surface area contributed by atoms with Gasteiger partial charge in [-0.1, -0.05) is 123 Å². The summed E-state index contributed by atoms with van der Waals surface area (Å²) in [7, 11) is 0. The Kier molecular flexibility index (Phi) is 12.9. The van der Waals surface area contributed by atoms with Crippen molar-refractivity contribution in [3.63, 3.8) is 0 Å². The molecule has 0 heterocycles. The molecule has 0 bridgehead atoms. The molecule has 0 aliphatic rings. The van der Waals surface area contributed by atoms with Gasteiger partial charge in [-0.15, -0.1) is 0 Å². The van der Waals surface area contributed by atoms with Crippen LogP contribution in [-0.2, 0) is 19.3 Å². The van der Waals surface area contributed by atoms with Crippen LogP contribution in [0.4, 0.5) is 0 Å². The predicted molar refractivity (Wildman–Crippen MR) is 204 cm³/mol. The second kappa shape index (κ2) is 16.7. The third kappa shape index (κ3) is 10.1. The Bertz CT molecular complexity index is 1560. The minimum Gasteiger partial charge on any atom is -0.508 e. The fraction of sp³-hybridized carbons (Fsp3) is 0.467. The van der Waals surface area contributed by atoms with Gasteiger partial charge in [-0.3, -0.25) is 0 Å². The van der Waals surface area contributed by atoms with E-state index in [1.807, 2.05) is 97.1 Å². The van der Waals surface area contributed by atoms with Crippen molar-refractivity contribution in [1.82, 2.24) is 0 Å². The van der Waals surface area contributed by atoms with Crippen LogP contribution in [0, 0.1) is 16.2 Å². The fourth-order valence-corrected chi connectivity index (χ4v) is 7.43. The molecule has 4 aromatic rings. The fourth-order valence-electron chi connectivity index (χ4n) is 7.43. The van der Waals surface area contributed by atoms with Crippen LogP contribution in [0.25, 0.3) is 0 Å². The van der Waals surface area contributed by atoms with Crippen LogP contribution in [0.1, 0.15) is 98.3 Å².